The third kappa shape index (κ3) is 3.01. The number of carbonyl (C=O) groups excluding carboxylic acids is 1. The number of para-hydroxylation sites is 1. The molecule has 0 radical (unpaired) electrons. The zero-order chi connectivity index (χ0) is 19.0. The summed E-state index contributed by atoms with van der Waals surface area (Å²) in [5, 5.41) is 6.17. The van der Waals surface area contributed by atoms with Gasteiger partial charge in [0.2, 0.25) is 0 Å². The lowest BCUT2D eigenvalue weighted by Crippen LogP contribution is -2.28. The average Bonchev–Trinajstić information content (AvgIpc) is 3.21. The van der Waals surface area contributed by atoms with Crippen LogP contribution in [0.1, 0.15) is 34.7 Å². The van der Waals surface area contributed by atoms with E-state index >= 15 is 0 Å². The molecule has 0 amide bonds. The van der Waals surface area contributed by atoms with E-state index in [-0.39, 0.29) is 11.9 Å². The van der Waals surface area contributed by atoms with Crippen LogP contribution in [0.25, 0.3) is 0 Å². The number of allylic oxidation sites excluding steroid dienone is 1. The topological polar surface area (TPSA) is 47.4 Å². The molecule has 5 nitrogen and oxygen atoms in total. The van der Waals surface area contributed by atoms with Crippen LogP contribution in [-0.4, -0.2) is 15.7 Å². The SMILES string of the molecule is CC1=C(C(=O)n2nc(C)cc2C)[C@@H](c2ccccc2)N(c2ccccc2)O1. The van der Waals surface area contributed by atoms with Crippen molar-refractivity contribution < 1.29 is 9.63 Å². The number of carbonyl (C=O) groups is 1. The van der Waals surface area contributed by atoms with Gasteiger partial charge in [-0.2, -0.15) is 10.2 Å². The molecular formula is C22H21N3O2. The molecule has 136 valence electrons. The van der Waals surface area contributed by atoms with E-state index in [1.165, 1.54) is 4.68 Å². The van der Waals surface area contributed by atoms with Crippen molar-refractivity contribution in [3.63, 3.8) is 0 Å². The maximum absolute atomic E-state index is 13.4. The Morgan fingerprint density at radius 3 is 2.19 bits per heavy atom. The van der Waals surface area contributed by atoms with E-state index in [1.54, 1.807) is 5.06 Å². The zero-order valence-electron chi connectivity index (χ0n) is 15.6. The molecule has 3 aromatic rings. The van der Waals surface area contributed by atoms with Crippen molar-refractivity contribution in [3.8, 4) is 0 Å². The first-order valence-corrected chi connectivity index (χ1v) is 8.92. The molecule has 2 aromatic carbocycles. The molecule has 0 unspecified atom stereocenters. The Morgan fingerprint density at radius 2 is 1.59 bits per heavy atom. The molecule has 27 heavy (non-hydrogen) atoms. The van der Waals surface area contributed by atoms with Gasteiger partial charge in [-0.3, -0.25) is 4.79 Å². The third-order valence-corrected chi connectivity index (χ3v) is 4.68. The summed E-state index contributed by atoms with van der Waals surface area (Å²) in [4.78, 5) is 19.5. The summed E-state index contributed by atoms with van der Waals surface area (Å²) < 4.78 is 1.46. The van der Waals surface area contributed by atoms with Crippen LogP contribution in [0.5, 0.6) is 0 Å². The minimum atomic E-state index is -0.343. The lowest BCUT2D eigenvalue weighted by Gasteiger charge is -2.26. The molecule has 0 spiro atoms. The molecule has 2 heterocycles. The van der Waals surface area contributed by atoms with E-state index in [9.17, 15) is 4.79 Å². The number of aryl methyl sites for hydroxylation is 2. The van der Waals surface area contributed by atoms with Gasteiger partial charge in [-0.1, -0.05) is 48.5 Å². The minimum absolute atomic E-state index is 0.162. The molecule has 0 fully saturated rings. The quantitative estimate of drug-likeness (QED) is 0.685. The second-order valence-corrected chi connectivity index (χ2v) is 6.68. The van der Waals surface area contributed by atoms with Gasteiger partial charge in [0.25, 0.3) is 5.91 Å². The van der Waals surface area contributed by atoms with Crippen molar-refractivity contribution in [2.75, 3.05) is 5.06 Å². The zero-order valence-corrected chi connectivity index (χ0v) is 15.6. The van der Waals surface area contributed by atoms with Gasteiger partial charge in [0.15, 0.2) is 0 Å². The summed E-state index contributed by atoms with van der Waals surface area (Å²) >= 11 is 0. The number of rotatable bonds is 3. The molecule has 1 atom stereocenters. The van der Waals surface area contributed by atoms with Crippen LogP contribution in [0.15, 0.2) is 78.1 Å². The molecule has 0 bridgehead atoms. The van der Waals surface area contributed by atoms with Crippen molar-refractivity contribution in [1.29, 1.82) is 0 Å². The number of hydrogen-bond acceptors (Lipinski definition) is 4. The fourth-order valence-corrected chi connectivity index (χ4v) is 3.49. The van der Waals surface area contributed by atoms with Gasteiger partial charge in [-0.15, -0.1) is 0 Å². The van der Waals surface area contributed by atoms with E-state index < -0.39 is 0 Å². The van der Waals surface area contributed by atoms with Crippen molar-refractivity contribution in [1.82, 2.24) is 9.78 Å². The Labute approximate surface area is 158 Å². The van der Waals surface area contributed by atoms with Gasteiger partial charge >= 0.3 is 0 Å². The minimum Gasteiger partial charge on any atom is -0.383 e. The van der Waals surface area contributed by atoms with E-state index in [0.717, 1.165) is 22.6 Å². The van der Waals surface area contributed by atoms with Gasteiger partial charge in [0.05, 0.1) is 17.0 Å². The Balaban J connectivity index is 1.82. The van der Waals surface area contributed by atoms with Gasteiger partial charge in [0.1, 0.15) is 11.8 Å². The molecule has 1 aliphatic heterocycles. The summed E-state index contributed by atoms with van der Waals surface area (Å²) in [5.41, 5.74) is 4.10. The average molecular weight is 359 g/mol. The summed E-state index contributed by atoms with van der Waals surface area (Å²) in [7, 11) is 0. The van der Waals surface area contributed by atoms with Gasteiger partial charge in [-0.25, -0.2) is 4.68 Å². The number of anilines is 1. The smallest absolute Gasteiger partial charge is 0.280 e. The third-order valence-electron chi connectivity index (χ3n) is 4.68. The van der Waals surface area contributed by atoms with Gasteiger partial charge in [0, 0.05) is 5.69 Å². The lowest BCUT2D eigenvalue weighted by molar-refractivity contribution is 0.0931. The Morgan fingerprint density at radius 1 is 0.963 bits per heavy atom. The van der Waals surface area contributed by atoms with Crippen molar-refractivity contribution >= 4 is 11.6 Å². The van der Waals surface area contributed by atoms with Crippen LogP contribution in [0.3, 0.4) is 0 Å². The highest BCUT2D eigenvalue weighted by atomic mass is 16.7. The molecule has 0 aliphatic carbocycles. The predicted octanol–water partition coefficient (Wildman–Crippen LogP) is 4.61. The summed E-state index contributed by atoms with van der Waals surface area (Å²) in [6, 6.07) is 21.3. The highest BCUT2D eigenvalue weighted by Crippen LogP contribution is 2.41. The second-order valence-electron chi connectivity index (χ2n) is 6.68. The van der Waals surface area contributed by atoms with E-state index in [4.69, 9.17) is 4.84 Å². The Kier molecular flexibility index (Phi) is 4.28. The Bertz CT molecular complexity index is 1010. The van der Waals surface area contributed by atoms with Gasteiger partial charge < -0.3 is 4.84 Å². The highest BCUT2D eigenvalue weighted by molar-refractivity contribution is 5.98. The number of hydrogen-bond donors (Lipinski definition) is 0. The number of hydroxylamine groups is 1. The van der Waals surface area contributed by atoms with Crippen molar-refractivity contribution in [2.45, 2.75) is 26.8 Å². The summed E-state index contributed by atoms with van der Waals surface area (Å²) in [6.07, 6.45) is 0. The monoisotopic (exact) mass is 359 g/mol. The van der Waals surface area contributed by atoms with Crippen LogP contribution in [0, 0.1) is 13.8 Å². The van der Waals surface area contributed by atoms with Crippen LogP contribution < -0.4 is 5.06 Å². The van der Waals surface area contributed by atoms with Gasteiger partial charge in [-0.05, 0) is 44.5 Å². The van der Waals surface area contributed by atoms with Crippen LogP contribution in [-0.2, 0) is 4.84 Å². The first-order valence-electron chi connectivity index (χ1n) is 8.92. The standard InChI is InChI=1S/C22H21N3O2/c1-15-14-16(2)24(23-15)22(26)20-17(3)27-25(19-12-8-5-9-13-19)21(20)18-10-6-4-7-11-18/h4-14,21H,1-3H3/t21-/m1/s1. The predicted molar refractivity (Wildman–Crippen MR) is 104 cm³/mol. The molecular weight excluding hydrogens is 338 g/mol. The van der Waals surface area contributed by atoms with Crippen molar-refractivity contribution in [3.05, 3.63) is 95.0 Å². The maximum atomic E-state index is 13.4. The molecule has 0 saturated heterocycles. The van der Waals surface area contributed by atoms with Crippen molar-refractivity contribution in [2.24, 2.45) is 0 Å². The lowest BCUT2D eigenvalue weighted by atomic mass is 9.97. The maximum Gasteiger partial charge on any atom is 0.280 e. The van der Waals surface area contributed by atoms with E-state index in [1.807, 2.05) is 87.5 Å². The van der Waals surface area contributed by atoms with Crippen LogP contribution >= 0.6 is 0 Å². The molecule has 0 saturated carbocycles. The normalized spacial score (nSPS) is 16.6. The molecule has 1 aromatic heterocycles. The van der Waals surface area contributed by atoms with E-state index in [0.29, 0.717) is 11.3 Å². The Hall–Kier alpha value is -3.34. The highest BCUT2D eigenvalue weighted by Gasteiger charge is 2.40. The molecule has 1 aliphatic rings. The number of aromatic nitrogens is 2. The first kappa shape index (κ1) is 17.1. The second kappa shape index (κ2) is 6.76. The molecule has 5 heteroatoms. The molecule has 0 N–H and O–H groups in total. The van der Waals surface area contributed by atoms with Crippen LogP contribution in [0.4, 0.5) is 5.69 Å². The first-order chi connectivity index (χ1) is 13.1. The summed E-state index contributed by atoms with van der Waals surface area (Å²) in [6.45, 7) is 5.60. The van der Waals surface area contributed by atoms with E-state index in [2.05, 4.69) is 5.10 Å². The number of benzene rings is 2. The van der Waals surface area contributed by atoms with Crippen LogP contribution in [0.2, 0.25) is 0 Å². The fraction of sp³-hybridized carbons (Fsp3) is 0.182. The summed E-state index contributed by atoms with van der Waals surface area (Å²) in [5.74, 6) is 0.427. The number of nitrogens with zero attached hydrogens (tertiary/aromatic N) is 3. The largest absolute Gasteiger partial charge is 0.383 e. The molecule has 4 rings (SSSR count). The fourth-order valence-electron chi connectivity index (χ4n) is 3.49.